The molecular formula is C16H32NO2+. The molecule has 19 heavy (non-hydrogen) atoms. The first-order chi connectivity index (χ1) is 8.97. The van der Waals surface area contributed by atoms with Gasteiger partial charge in [-0.25, -0.2) is 0 Å². The van der Waals surface area contributed by atoms with E-state index in [1.165, 1.54) is 12.8 Å². The molecule has 0 saturated carbocycles. The van der Waals surface area contributed by atoms with Crippen LogP contribution in [0.1, 0.15) is 66.2 Å². The van der Waals surface area contributed by atoms with Gasteiger partial charge in [0.05, 0.1) is 19.0 Å². The van der Waals surface area contributed by atoms with Gasteiger partial charge in [0, 0.05) is 18.8 Å². The molecule has 0 aromatic heterocycles. The van der Waals surface area contributed by atoms with Crippen LogP contribution in [0.3, 0.4) is 0 Å². The summed E-state index contributed by atoms with van der Waals surface area (Å²) in [6, 6.07) is 0. The second kappa shape index (κ2) is 7.88. The van der Waals surface area contributed by atoms with Crippen LogP contribution in [-0.4, -0.2) is 24.7 Å². The Labute approximate surface area is 118 Å². The molecule has 1 rings (SSSR count). The fourth-order valence-corrected chi connectivity index (χ4v) is 2.88. The minimum atomic E-state index is -0.301. The van der Waals surface area contributed by atoms with Crippen molar-refractivity contribution in [3.8, 4) is 0 Å². The molecule has 112 valence electrons. The number of esters is 1. The zero-order valence-electron chi connectivity index (χ0n) is 13.2. The summed E-state index contributed by atoms with van der Waals surface area (Å²) in [5.74, 6) is 0.556. The van der Waals surface area contributed by atoms with Crippen LogP contribution in [0.4, 0.5) is 0 Å². The molecule has 1 heterocycles. The molecule has 3 nitrogen and oxygen atoms in total. The predicted octanol–water partition coefficient (Wildman–Crippen LogP) is 2.50. The number of hydrogen-bond donors (Lipinski definition) is 1. The smallest absolute Gasteiger partial charge is 0.309 e. The second-order valence-corrected chi connectivity index (χ2v) is 6.56. The first-order valence-electron chi connectivity index (χ1n) is 8.02. The van der Waals surface area contributed by atoms with Gasteiger partial charge in [0.25, 0.3) is 0 Å². The summed E-state index contributed by atoms with van der Waals surface area (Å²) in [5, 5.41) is 2.35. The molecule has 1 fully saturated rings. The summed E-state index contributed by atoms with van der Waals surface area (Å²) in [4.78, 5) is 12.2. The van der Waals surface area contributed by atoms with Crippen LogP contribution in [0, 0.1) is 11.8 Å². The van der Waals surface area contributed by atoms with E-state index >= 15 is 0 Å². The molecule has 0 aromatic carbocycles. The maximum Gasteiger partial charge on any atom is 0.309 e. The highest BCUT2D eigenvalue weighted by Gasteiger charge is 2.36. The third kappa shape index (κ3) is 5.52. The normalized spacial score (nSPS) is 19.2. The number of hydrogen-bond acceptors (Lipinski definition) is 2. The van der Waals surface area contributed by atoms with Crippen LogP contribution in [0.15, 0.2) is 0 Å². The molecule has 3 heteroatoms. The lowest BCUT2D eigenvalue weighted by molar-refractivity contribution is -0.665. The monoisotopic (exact) mass is 270 g/mol. The molecular weight excluding hydrogens is 238 g/mol. The largest absolute Gasteiger partial charge is 0.459 e. The zero-order valence-corrected chi connectivity index (χ0v) is 13.2. The number of carbonyl (C=O) groups is 1. The van der Waals surface area contributed by atoms with Gasteiger partial charge in [0.1, 0.15) is 5.60 Å². The van der Waals surface area contributed by atoms with Crippen LogP contribution < -0.4 is 5.32 Å². The molecule has 0 radical (unpaired) electrons. The molecule has 1 aliphatic heterocycles. The fourth-order valence-electron chi connectivity index (χ4n) is 2.88. The van der Waals surface area contributed by atoms with E-state index in [1.54, 1.807) is 0 Å². The Bertz CT molecular complexity index is 270. The fraction of sp³-hybridized carbons (Fsp3) is 0.938. The second-order valence-electron chi connectivity index (χ2n) is 6.56. The van der Waals surface area contributed by atoms with Crippen molar-refractivity contribution in [2.24, 2.45) is 11.8 Å². The van der Waals surface area contributed by atoms with E-state index in [4.69, 9.17) is 4.74 Å². The van der Waals surface area contributed by atoms with E-state index in [2.05, 4.69) is 26.1 Å². The number of carbonyl (C=O) groups excluding carboxylic acids is 1. The number of unbranched alkanes of at least 4 members (excludes halogenated alkanes) is 2. The van der Waals surface area contributed by atoms with Gasteiger partial charge in [-0.05, 0) is 20.3 Å². The number of rotatable bonds is 7. The van der Waals surface area contributed by atoms with E-state index in [9.17, 15) is 4.79 Å². The summed E-state index contributed by atoms with van der Waals surface area (Å²) in [6.45, 7) is 10.7. The lowest BCUT2D eigenvalue weighted by Gasteiger charge is -2.36. The van der Waals surface area contributed by atoms with Crippen molar-refractivity contribution in [2.45, 2.75) is 71.8 Å². The summed E-state index contributed by atoms with van der Waals surface area (Å²) < 4.78 is 5.82. The van der Waals surface area contributed by atoms with Crippen LogP contribution in [0.5, 0.6) is 0 Å². The molecule has 0 aliphatic carbocycles. The van der Waals surface area contributed by atoms with Gasteiger partial charge in [-0.2, -0.15) is 0 Å². The van der Waals surface area contributed by atoms with E-state index in [0.717, 1.165) is 38.8 Å². The minimum absolute atomic E-state index is 0.00402. The Hall–Kier alpha value is -0.570. The first kappa shape index (κ1) is 16.5. The van der Waals surface area contributed by atoms with E-state index in [1.807, 2.05) is 6.92 Å². The molecule has 2 N–H and O–H groups in total. The van der Waals surface area contributed by atoms with Gasteiger partial charge < -0.3 is 10.1 Å². The number of ether oxygens (including phenoxy) is 1. The van der Waals surface area contributed by atoms with Crippen molar-refractivity contribution >= 4 is 5.97 Å². The zero-order chi connectivity index (χ0) is 14.3. The van der Waals surface area contributed by atoms with Gasteiger partial charge in [-0.15, -0.1) is 0 Å². The highest BCUT2D eigenvalue weighted by Crippen LogP contribution is 2.29. The van der Waals surface area contributed by atoms with Gasteiger partial charge >= 0.3 is 5.97 Å². The predicted molar refractivity (Wildman–Crippen MR) is 77.9 cm³/mol. The summed E-state index contributed by atoms with van der Waals surface area (Å²) in [5.41, 5.74) is -0.301. The Balaban J connectivity index is 2.40. The quantitative estimate of drug-likeness (QED) is 0.570. The molecule has 0 amide bonds. The lowest BCUT2D eigenvalue weighted by atomic mass is 9.83. The Morgan fingerprint density at radius 3 is 2.53 bits per heavy atom. The van der Waals surface area contributed by atoms with Crippen molar-refractivity contribution < 1.29 is 14.8 Å². The van der Waals surface area contributed by atoms with Crippen LogP contribution >= 0.6 is 0 Å². The summed E-state index contributed by atoms with van der Waals surface area (Å²) in [6.07, 6.45) is 6.81. The van der Waals surface area contributed by atoms with Crippen molar-refractivity contribution in [3.05, 3.63) is 0 Å². The van der Waals surface area contributed by atoms with Gasteiger partial charge in [-0.1, -0.05) is 33.1 Å². The molecule has 0 spiro atoms. The van der Waals surface area contributed by atoms with Crippen molar-refractivity contribution in [1.82, 2.24) is 0 Å². The number of nitrogens with two attached hydrogens (primary N) is 1. The third-order valence-corrected chi connectivity index (χ3v) is 4.43. The van der Waals surface area contributed by atoms with Gasteiger partial charge in [-0.3, -0.25) is 4.79 Å². The van der Waals surface area contributed by atoms with Crippen LogP contribution in [-0.2, 0) is 9.53 Å². The number of quaternary nitrogens is 1. The molecule has 1 unspecified atom stereocenters. The highest BCUT2D eigenvalue weighted by atomic mass is 16.6. The van der Waals surface area contributed by atoms with Gasteiger partial charge in [0.15, 0.2) is 0 Å². The van der Waals surface area contributed by atoms with Crippen molar-refractivity contribution in [2.75, 3.05) is 13.1 Å². The van der Waals surface area contributed by atoms with Crippen molar-refractivity contribution in [3.63, 3.8) is 0 Å². The lowest BCUT2D eigenvalue weighted by Crippen LogP contribution is -2.86. The first-order valence-corrected chi connectivity index (χ1v) is 8.02. The molecule has 0 aromatic rings. The van der Waals surface area contributed by atoms with Crippen LogP contribution in [0.2, 0.25) is 0 Å². The Morgan fingerprint density at radius 2 is 1.95 bits per heavy atom. The average Bonchev–Trinajstić information content (AvgIpc) is 2.39. The van der Waals surface area contributed by atoms with E-state index < -0.39 is 0 Å². The average molecular weight is 270 g/mol. The molecule has 0 bridgehead atoms. The van der Waals surface area contributed by atoms with Gasteiger partial charge in [0.2, 0.25) is 0 Å². The van der Waals surface area contributed by atoms with E-state index in [-0.39, 0.29) is 17.5 Å². The molecule has 1 atom stereocenters. The maximum atomic E-state index is 12.2. The molecule has 1 aliphatic rings. The minimum Gasteiger partial charge on any atom is -0.459 e. The highest BCUT2D eigenvalue weighted by molar-refractivity contribution is 5.72. The maximum absolute atomic E-state index is 12.2. The SMILES string of the molecule is CCCCCC(C)C(=O)OC(C)(C)C1CC[NH2+]CC1. The summed E-state index contributed by atoms with van der Waals surface area (Å²) >= 11 is 0. The van der Waals surface area contributed by atoms with E-state index in [0.29, 0.717) is 5.92 Å². The number of piperidine rings is 1. The third-order valence-electron chi connectivity index (χ3n) is 4.43. The van der Waals surface area contributed by atoms with Crippen LogP contribution in [0.25, 0.3) is 0 Å². The standard InChI is InChI=1S/C16H31NO2/c1-5-6-7-8-13(2)15(18)19-16(3,4)14-9-11-17-12-10-14/h13-14,17H,5-12H2,1-4H3/p+1. The molecule has 1 saturated heterocycles. The Kier molecular flexibility index (Phi) is 6.84. The Morgan fingerprint density at radius 1 is 1.32 bits per heavy atom. The van der Waals surface area contributed by atoms with Crippen molar-refractivity contribution in [1.29, 1.82) is 0 Å². The summed E-state index contributed by atoms with van der Waals surface area (Å²) in [7, 11) is 0. The topological polar surface area (TPSA) is 42.9 Å².